The predicted octanol–water partition coefficient (Wildman–Crippen LogP) is 5.56. The summed E-state index contributed by atoms with van der Waals surface area (Å²) in [5.74, 6) is 3.34. The van der Waals surface area contributed by atoms with Crippen LogP contribution in [-0.2, 0) is 0 Å². The van der Waals surface area contributed by atoms with Gasteiger partial charge in [-0.2, -0.15) is 4.98 Å². The summed E-state index contributed by atoms with van der Waals surface area (Å²) in [4.78, 5) is 14.0. The highest BCUT2D eigenvalue weighted by molar-refractivity contribution is 9.10. The normalized spacial score (nSPS) is 18.1. The summed E-state index contributed by atoms with van der Waals surface area (Å²) in [6, 6.07) is 8.51. The predicted molar refractivity (Wildman–Crippen MR) is 182 cm³/mol. The lowest BCUT2D eigenvalue weighted by atomic mass is 9.87. The fourth-order valence-electron chi connectivity index (χ4n) is 6.47. The van der Waals surface area contributed by atoms with E-state index in [0.717, 1.165) is 69.8 Å². The van der Waals surface area contributed by atoms with Gasteiger partial charge in [-0.1, -0.05) is 7.92 Å². The average molecular weight is 704 g/mol. The number of β-amino-alcohol motifs (C(OH)–C–C–N with tert-alkyl or cyclic N) is 1. The maximum absolute atomic E-state index is 12.7. The SMILES string of the molecule is COc1cc(N2CCC(N3CC(O)(CCF)C3)CC2)c(C)cc1Nc1ncc(Br)c(Nc2ccc3c(c2P(C)C)OCCO3)n1. The number of ether oxygens (including phenoxy) is 3. The highest BCUT2D eigenvalue weighted by Crippen LogP contribution is 2.42. The first-order valence-corrected chi connectivity index (χ1v) is 18.3. The number of alkyl halides is 1. The lowest BCUT2D eigenvalue weighted by Crippen LogP contribution is -2.65. The molecule has 3 N–H and O–H groups in total. The fraction of sp³-hybridized carbons (Fsp3) is 0.500. The van der Waals surface area contributed by atoms with Crippen molar-refractivity contribution in [3.63, 3.8) is 0 Å². The maximum Gasteiger partial charge on any atom is 0.229 e. The summed E-state index contributed by atoms with van der Waals surface area (Å²) < 4.78 is 31.1. The number of nitrogens with zero attached hydrogens (tertiary/aromatic N) is 4. The molecule has 1 aromatic heterocycles. The van der Waals surface area contributed by atoms with E-state index in [4.69, 9.17) is 19.2 Å². The van der Waals surface area contributed by atoms with Crippen LogP contribution in [0.25, 0.3) is 0 Å². The van der Waals surface area contributed by atoms with Gasteiger partial charge in [0, 0.05) is 61.9 Å². The van der Waals surface area contributed by atoms with Crippen molar-refractivity contribution >= 4 is 58.0 Å². The Balaban J connectivity index is 1.16. The molecule has 0 atom stereocenters. The van der Waals surface area contributed by atoms with E-state index in [2.05, 4.69) is 73.7 Å². The number of nitrogens with one attached hydrogen (secondary N) is 2. The molecule has 10 nitrogen and oxygen atoms in total. The summed E-state index contributed by atoms with van der Waals surface area (Å²) in [7, 11) is 1.17. The van der Waals surface area contributed by atoms with Crippen LogP contribution in [0.5, 0.6) is 17.2 Å². The number of piperidine rings is 1. The van der Waals surface area contributed by atoms with Crippen molar-refractivity contribution in [1.29, 1.82) is 0 Å². The molecule has 0 unspecified atom stereocenters. The van der Waals surface area contributed by atoms with Crippen LogP contribution in [0.15, 0.2) is 34.9 Å². The van der Waals surface area contributed by atoms with E-state index >= 15 is 0 Å². The Labute approximate surface area is 273 Å². The van der Waals surface area contributed by atoms with Crippen molar-refractivity contribution in [3.8, 4) is 17.2 Å². The van der Waals surface area contributed by atoms with E-state index < -0.39 is 20.2 Å². The topological polar surface area (TPSA) is 104 Å². The van der Waals surface area contributed by atoms with Crippen LogP contribution in [0.4, 0.5) is 33.2 Å². The van der Waals surface area contributed by atoms with Crippen LogP contribution in [-0.4, -0.2) is 98.1 Å². The first-order chi connectivity index (χ1) is 21.7. The molecule has 3 aliphatic heterocycles. The molecule has 2 fully saturated rings. The Morgan fingerprint density at radius 1 is 1.13 bits per heavy atom. The number of rotatable bonds is 10. The highest BCUT2D eigenvalue weighted by Gasteiger charge is 2.44. The average Bonchev–Trinajstić information content (AvgIpc) is 3.01. The number of likely N-dealkylation sites (tertiary alicyclic amines) is 1. The Morgan fingerprint density at radius 3 is 2.60 bits per heavy atom. The lowest BCUT2D eigenvalue weighted by Gasteiger charge is -2.52. The zero-order valence-corrected chi connectivity index (χ0v) is 28.7. The third-order valence-corrected chi connectivity index (χ3v) is 10.7. The van der Waals surface area contributed by atoms with Crippen molar-refractivity contribution in [2.24, 2.45) is 0 Å². The van der Waals surface area contributed by atoms with Crippen LogP contribution in [0.1, 0.15) is 24.8 Å². The molecule has 3 aromatic rings. The van der Waals surface area contributed by atoms with Gasteiger partial charge in [0.25, 0.3) is 0 Å². The molecule has 45 heavy (non-hydrogen) atoms. The van der Waals surface area contributed by atoms with Gasteiger partial charge in [-0.3, -0.25) is 9.29 Å². The van der Waals surface area contributed by atoms with Crippen LogP contribution in [0, 0.1) is 6.92 Å². The number of fused-ring (bicyclic) bond motifs is 1. The van der Waals surface area contributed by atoms with Gasteiger partial charge in [-0.25, -0.2) is 4.98 Å². The van der Waals surface area contributed by atoms with Crippen LogP contribution in [0.3, 0.4) is 0 Å². The molecule has 0 aliphatic carbocycles. The molecule has 13 heteroatoms. The van der Waals surface area contributed by atoms with E-state index in [-0.39, 0.29) is 6.42 Å². The number of hydrogen-bond donors (Lipinski definition) is 3. The number of methoxy groups -OCH3 is 1. The standard InChI is InChI=1S/C32H41BrFN6O4P/c1-20-15-24(27(42-2)16-25(20)39-11-7-21(8-12-39)40-18-32(41,19-40)9-10-34)37-31-35-17-22(33)30(38-31)36-23-5-6-26-28(29(23)45(3)4)44-14-13-43-26/h5-6,15-17,21,41H,7-14,18-19H2,1-4H3,(H2,35,36,37,38). The second-order valence-electron chi connectivity index (χ2n) is 12.1. The molecular formula is C32H41BrFN6O4P. The minimum absolute atomic E-state index is 0.227. The second-order valence-corrected chi connectivity index (χ2v) is 15.2. The number of aliphatic hydroxyl groups is 1. The maximum atomic E-state index is 12.7. The molecule has 3 aliphatic rings. The summed E-state index contributed by atoms with van der Waals surface area (Å²) >= 11 is 3.61. The zero-order chi connectivity index (χ0) is 31.7. The van der Waals surface area contributed by atoms with E-state index in [1.165, 1.54) is 0 Å². The third kappa shape index (κ3) is 6.80. The number of benzene rings is 2. The molecular weight excluding hydrogens is 662 g/mol. The third-order valence-electron chi connectivity index (χ3n) is 8.77. The van der Waals surface area contributed by atoms with Gasteiger partial charge in [-0.05, 0) is 72.8 Å². The van der Waals surface area contributed by atoms with Crippen LogP contribution >= 0.6 is 23.9 Å². The number of halogens is 2. The van der Waals surface area contributed by atoms with E-state index in [0.29, 0.717) is 49.9 Å². The van der Waals surface area contributed by atoms with Crippen molar-refractivity contribution in [2.45, 2.75) is 37.8 Å². The first-order valence-electron chi connectivity index (χ1n) is 15.3. The highest BCUT2D eigenvalue weighted by atomic mass is 79.9. The Hall–Kier alpha value is -2.92. The lowest BCUT2D eigenvalue weighted by molar-refractivity contribution is -0.124. The fourth-order valence-corrected chi connectivity index (χ4v) is 7.95. The molecule has 0 amide bonds. The molecule has 0 saturated carbocycles. The number of aryl methyl sites for hydroxylation is 1. The summed E-state index contributed by atoms with van der Waals surface area (Å²) in [6.45, 7) is 10.1. The summed E-state index contributed by atoms with van der Waals surface area (Å²) in [5.41, 5.74) is 3.10. The molecule has 2 aromatic carbocycles. The van der Waals surface area contributed by atoms with Gasteiger partial charge in [0.15, 0.2) is 11.5 Å². The monoisotopic (exact) mass is 702 g/mol. The van der Waals surface area contributed by atoms with Crippen molar-refractivity contribution in [1.82, 2.24) is 14.9 Å². The number of anilines is 5. The van der Waals surface area contributed by atoms with Crippen molar-refractivity contribution < 1.29 is 23.7 Å². The largest absolute Gasteiger partial charge is 0.494 e. The minimum atomic E-state index is -0.850. The second kappa shape index (κ2) is 13.4. The quantitative estimate of drug-likeness (QED) is 0.233. The molecule has 0 bridgehead atoms. The Kier molecular flexibility index (Phi) is 9.57. The minimum Gasteiger partial charge on any atom is -0.494 e. The first kappa shape index (κ1) is 32.0. The zero-order valence-electron chi connectivity index (χ0n) is 26.2. The van der Waals surface area contributed by atoms with Gasteiger partial charge >= 0.3 is 0 Å². The van der Waals surface area contributed by atoms with Gasteiger partial charge in [0.2, 0.25) is 5.95 Å². The van der Waals surface area contributed by atoms with E-state index in [9.17, 15) is 9.50 Å². The van der Waals surface area contributed by atoms with Crippen molar-refractivity contribution in [2.75, 3.05) is 82.0 Å². The van der Waals surface area contributed by atoms with Crippen LogP contribution in [0.2, 0.25) is 0 Å². The summed E-state index contributed by atoms with van der Waals surface area (Å²) in [6.07, 6.45) is 3.95. The molecule has 0 radical (unpaired) electrons. The molecule has 4 heterocycles. The molecule has 2 saturated heterocycles. The smallest absolute Gasteiger partial charge is 0.229 e. The van der Waals surface area contributed by atoms with E-state index in [1.54, 1.807) is 13.3 Å². The number of aromatic nitrogens is 2. The van der Waals surface area contributed by atoms with Gasteiger partial charge in [-0.15, -0.1) is 0 Å². The summed E-state index contributed by atoms with van der Waals surface area (Å²) in [5, 5.41) is 18.4. The molecule has 6 rings (SSSR count). The van der Waals surface area contributed by atoms with Gasteiger partial charge in [0.1, 0.15) is 24.8 Å². The van der Waals surface area contributed by atoms with Gasteiger partial charge < -0.3 is 34.9 Å². The van der Waals surface area contributed by atoms with Crippen LogP contribution < -0.4 is 35.0 Å². The number of hydrogen-bond acceptors (Lipinski definition) is 10. The van der Waals surface area contributed by atoms with Crippen molar-refractivity contribution in [3.05, 3.63) is 40.5 Å². The van der Waals surface area contributed by atoms with E-state index in [1.807, 2.05) is 12.1 Å². The Morgan fingerprint density at radius 2 is 1.89 bits per heavy atom. The van der Waals surface area contributed by atoms with Gasteiger partial charge in [0.05, 0.1) is 35.2 Å². The Bertz CT molecular complexity index is 1530. The molecule has 0 spiro atoms. The molecule has 242 valence electrons.